The quantitative estimate of drug-likeness (QED) is 0.281. The fourth-order valence-electron chi connectivity index (χ4n) is 3.87. The summed E-state index contributed by atoms with van der Waals surface area (Å²) in [5.41, 5.74) is 6.16. The minimum Gasteiger partial charge on any atom is -0.325 e. The molecule has 0 aliphatic heterocycles. The van der Waals surface area contributed by atoms with Crippen molar-refractivity contribution in [2.24, 2.45) is 0 Å². The average Bonchev–Trinajstić information content (AvgIpc) is 3.21. The minimum atomic E-state index is -0.0956. The van der Waals surface area contributed by atoms with E-state index in [2.05, 4.69) is 66.6 Å². The fraction of sp³-hybridized carbons (Fsp3) is 0.250. The van der Waals surface area contributed by atoms with Crippen molar-refractivity contribution in [3.8, 4) is 17.1 Å². The van der Waals surface area contributed by atoms with Gasteiger partial charge in [-0.2, -0.15) is 0 Å². The molecule has 0 saturated heterocycles. The summed E-state index contributed by atoms with van der Waals surface area (Å²) in [6.07, 6.45) is 0. The summed E-state index contributed by atoms with van der Waals surface area (Å²) in [5, 5.41) is 13.2. The van der Waals surface area contributed by atoms with Crippen LogP contribution in [0.3, 0.4) is 0 Å². The van der Waals surface area contributed by atoms with Gasteiger partial charge in [0.15, 0.2) is 11.0 Å². The largest absolute Gasteiger partial charge is 0.325 e. The zero-order chi connectivity index (χ0) is 25.2. The predicted molar refractivity (Wildman–Crippen MR) is 146 cm³/mol. The number of nitrogens with one attached hydrogen (secondary N) is 1. The highest BCUT2D eigenvalue weighted by molar-refractivity contribution is 7.99. The molecule has 5 nitrogen and oxygen atoms in total. The third-order valence-electron chi connectivity index (χ3n) is 5.57. The number of rotatable bonds is 6. The van der Waals surface area contributed by atoms with Crippen LogP contribution in [0.25, 0.3) is 17.1 Å². The Morgan fingerprint density at radius 1 is 0.943 bits per heavy atom. The van der Waals surface area contributed by atoms with E-state index in [9.17, 15) is 4.79 Å². The van der Waals surface area contributed by atoms with Gasteiger partial charge in [0.25, 0.3) is 0 Å². The van der Waals surface area contributed by atoms with E-state index in [4.69, 9.17) is 11.6 Å². The van der Waals surface area contributed by atoms with Crippen molar-refractivity contribution in [1.82, 2.24) is 14.8 Å². The molecule has 4 aromatic rings. The van der Waals surface area contributed by atoms with Crippen molar-refractivity contribution >= 4 is 35.0 Å². The third kappa shape index (κ3) is 6.13. The number of carbonyl (C=O) groups excluding carboxylic acids is 1. The number of anilines is 1. The molecule has 0 unspecified atom stereocenters. The summed E-state index contributed by atoms with van der Waals surface area (Å²) >= 11 is 7.48. The smallest absolute Gasteiger partial charge is 0.234 e. The number of carbonyl (C=O) groups is 1. The summed E-state index contributed by atoms with van der Waals surface area (Å²) in [6, 6.07) is 21.9. The van der Waals surface area contributed by atoms with Crippen LogP contribution in [-0.2, 0) is 10.2 Å². The minimum absolute atomic E-state index is 0.0621. The molecule has 0 radical (unpaired) electrons. The van der Waals surface area contributed by atoms with Gasteiger partial charge in [-0.1, -0.05) is 74.5 Å². The first-order valence-corrected chi connectivity index (χ1v) is 12.8. The number of nitrogens with zero attached hydrogens (tertiary/aromatic N) is 3. The van der Waals surface area contributed by atoms with Gasteiger partial charge in [0, 0.05) is 22.0 Å². The molecular weight excluding hydrogens is 476 g/mol. The standard InChI is InChI=1S/C28H29ClN4OS/c1-18-14-19(2)16-23(15-18)30-25(34)17-35-27-32-31-26(33(27)24-12-10-22(29)11-13-24)20-6-8-21(9-7-20)28(3,4)5/h6-16H,17H2,1-5H3,(H,30,34). The number of aromatic nitrogens is 3. The summed E-state index contributed by atoms with van der Waals surface area (Å²) in [7, 11) is 0. The van der Waals surface area contributed by atoms with Gasteiger partial charge in [-0.25, -0.2) is 0 Å². The van der Waals surface area contributed by atoms with Crippen LogP contribution in [0, 0.1) is 13.8 Å². The molecule has 3 aromatic carbocycles. The maximum atomic E-state index is 12.7. The molecule has 1 heterocycles. The molecule has 180 valence electrons. The number of halogens is 1. The predicted octanol–water partition coefficient (Wildman–Crippen LogP) is 7.23. The molecule has 0 bridgehead atoms. The van der Waals surface area contributed by atoms with Crippen molar-refractivity contribution in [3.63, 3.8) is 0 Å². The topological polar surface area (TPSA) is 59.8 Å². The molecule has 7 heteroatoms. The molecule has 1 amide bonds. The number of hydrogen-bond acceptors (Lipinski definition) is 4. The highest BCUT2D eigenvalue weighted by Gasteiger charge is 2.19. The molecule has 0 spiro atoms. The summed E-state index contributed by atoms with van der Waals surface area (Å²) in [5.74, 6) is 0.827. The van der Waals surface area contributed by atoms with Gasteiger partial charge in [0.05, 0.1) is 5.75 Å². The second-order valence-electron chi connectivity index (χ2n) is 9.66. The van der Waals surface area contributed by atoms with Crippen LogP contribution in [0.1, 0.15) is 37.5 Å². The van der Waals surface area contributed by atoms with Crippen molar-refractivity contribution in [2.75, 3.05) is 11.1 Å². The van der Waals surface area contributed by atoms with Gasteiger partial charge < -0.3 is 5.32 Å². The first-order valence-electron chi connectivity index (χ1n) is 11.4. The van der Waals surface area contributed by atoms with Gasteiger partial charge in [0.2, 0.25) is 5.91 Å². The van der Waals surface area contributed by atoms with Gasteiger partial charge in [0.1, 0.15) is 0 Å². The van der Waals surface area contributed by atoms with Crippen molar-refractivity contribution in [1.29, 1.82) is 0 Å². The van der Waals surface area contributed by atoms with Crippen molar-refractivity contribution in [3.05, 3.63) is 88.4 Å². The summed E-state index contributed by atoms with van der Waals surface area (Å²) in [6.45, 7) is 10.6. The lowest BCUT2D eigenvalue weighted by Gasteiger charge is -2.19. The van der Waals surface area contributed by atoms with E-state index in [0.29, 0.717) is 16.0 Å². The monoisotopic (exact) mass is 504 g/mol. The number of benzene rings is 3. The van der Waals surface area contributed by atoms with E-state index in [1.165, 1.54) is 17.3 Å². The molecule has 0 aliphatic carbocycles. The maximum Gasteiger partial charge on any atom is 0.234 e. The van der Waals surface area contributed by atoms with Gasteiger partial charge in [-0.05, 0) is 72.4 Å². The second kappa shape index (κ2) is 10.3. The van der Waals surface area contributed by atoms with Gasteiger partial charge in [-0.3, -0.25) is 9.36 Å². The van der Waals surface area contributed by atoms with Gasteiger partial charge in [-0.15, -0.1) is 10.2 Å². The summed E-state index contributed by atoms with van der Waals surface area (Å²) < 4.78 is 1.97. The van der Waals surface area contributed by atoms with Crippen molar-refractivity contribution < 1.29 is 4.79 Å². The van der Waals surface area contributed by atoms with E-state index >= 15 is 0 Å². The molecule has 1 N–H and O–H groups in total. The Morgan fingerprint density at radius 2 is 1.57 bits per heavy atom. The van der Waals surface area contributed by atoms with Gasteiger partial charge >= 0.3 is 0 Å². The van der Waals surface area contributed by atoms with Crippen LogP contribution < -0.4 is 5.32 Å². The highest BCUT2D eigenvalue weighted by atomic mass is 35.5. The lowest BCUT2D eigenvalue weighted by atomic mass is 9.87. The SMILES string of the molecule is Cc1cc(C)cc(NC(=O)CSc2nnc(-c3ccc(C(C)(C)C)cc3)n2-c2ccc(Cl)cc2)c1. The molecule has 1 aromatic heterocycles. The average molecular weight is 505 g/mol. The highest BCUT2D eigenvalue weighted by Crippen LogP contribution is 2.30. The Balaban J connectivity index is 1.61. The van der Waals surface area contributed by atoms with Crippen LogP contribution in [0.15, 0.2) is 71.9 Å². The first-order chi connectivity index (χ1) is 16.6. The Morgan fingerprint density at radius 3 is 2.17 bits per heavy atom. The second-order valence-corrected chi connectivity index (χ2v) is 11.0. The molecule has 0 atom stereocenters. The van der Waals surface area contributed by atoms with E-state index < -0.39 is 0 Å². The molecule has 0 fully saturated rings. The Hall–Kier alpha value is -3.09. The third-order valence-corrected chi connectivity index (χ3v) is 6.75. The zero-order valence-corrected chi connectivity index (χ0v) is 22.2. The Kier molecular flexibility index (Phi) is 7.33. The number of hydrogen-bond donors (Lipinski definition) is 1. The molecular formula is C28H29ClN4OS. The van der Waals surface area contributed by atoms with E-state index in [0.717, 1.165) is 28.1 Å². The van der Waals surface area contributed by atoms with Crippen LogP contribution in [0.5, 0.6) is 0 Å². The lowest BCUT2D eigenvalue weighted by Crippen LogP contribution is -2.14. The normalized spacial score (nSPS) is 11.5. The molecule has 0 saturated carbocycles. The number of thioether (sulfide) groups is 1. The van der Waals surface area contributed by atoms with Crippen LogP contribution in [0.4, 0.5) is 5.69 Å². The van der Waals surface area contributed by atoms with E-state index in [1.54, 1.807) is 0 Å². The zero-order valence-electron chi connectivity index (χ0n) is 20.6. The van der Waals surface area contributed by atoms with E-state index in [1.807, 2.05) is 54.8 Å². The van der Waals surface area contributed by atoms with Crippen LogP contribution in [-0.4, -0.2) is 26.4 Å². The number of aryl methyl sites for hydroxylation is 2. The maximum absolute atomic E-state index is 12.7. The van der Waals surface area contributed by atoms with E-state index in [-0.39, 0.29) is 17.1 Å². The lowest BCUT2D eigenvalue weighted by molar-refractivity contribution is -0.113. The molecule has 4 rings (SSSR count). The first kappa shape index (κ1) is 25.0. The summed E-state index contributed by atoms with van der Waals surface area (Å²) in [4.78, 5) is 12.7. The molecule has 35 heavy (non-hydrogen) atoms. The Bertz CT molecular complexity index is 1320. The molecule has 0 aliphatic rings. The Labute approximate surface area is 215 Å². The van der Waals surface area contributed by atoms with Crippen LogP contribution in [0.2, 0.25) is 5.02 Å². The fourth-order valence-corrected chi connectivity index (χ4v) is 4.74. The number of amides is 1. The van der Waals surface area contributed by atoms with Crippen molar-refractivity contribution in [2.45, 2.75) is 45.2 Å². The van der Waals surface area contributed by atoms with Crippen LogP contribution >= 0.6 is 23.4 Å².